The molecule has 0 radical (unpaired) electrons. The molecule has 1 aromatic heterocycles. The summed E-state index contributed by atoms with van der Waals surface area (Å²) >= 11 is 0. The molecule has 0 spiro atoms. The average Bonchev–Trinajstić information content (AvgIpc) is 3.09. The number of benzene rings is 2. The van der Waals surface area contributed by atoms with Crippen molar-refractivity contribution in [3.05, 3.63) is 77.2 Å². The van der Waals surface area contributed by atoms with Crippen molar-refractivity contribution in [2.75, 3.05) is 18.2 Å². The molecule has 0 bridgehead atoms. The highest BCUT2D eigenvalue weighted by Gasteiger charge is 2.40. The molecule has 0 aliphatic carbocycles. The van der Waals surface area contributed by atoms with Gasteiger partial charge in [-0.25, -0.2) is 13.2 Å². The molecule has 3 aromatic rings. The smallest absolute Gasteiger partial charge is 0.230 e. The fourth-order valence-corrected chi connectivity index (χ4v) is 6.00. The van der Waals surface area contributed by atoms with E-state index in [0.29, 0.717) is 0 Å². The Hall–Kier alpha value is -3.25. The zero-order valence-corrected chi connectivity index (χ0v) is 22.0. The molecule has 0 N–H and O–H groups in total. The molecular weight excluding hydrogens is 500 g/mol. The standard InChI is InChI=1S/C28H28F3N2O3P/c1-16-7-8-18(23(29)12-16)14-20(34)15-19-13-17(2)33(28(19)35)24-10-9-21(25(30)26(24)31)22-6-5-11-32-27(22)37(3,4)36/h5-12,17,19H,13-15H2,1-4H3/t17?,19-/m0/s1. The summed E-state index contributed by atoms with van der Waals surface area (Å²) in [4.78, 5) is 31.1. The van der Waals surface area contributed by atoms with Crippen molar-refractivity contribution in [1.29, 1.82) is 0 Å². The number of amides is 1. The van der Waals surface area contributed by atoms with Crippen LogP contribution in [0.3, 0.4) is 0 Å². The van der Waals surface area contributed by atoms with Crippen molar-refractivity contribution in [2.45, 2.75) is 39.2 Å². The van der Waals surface area contributed by atoms with Crippen molar-refractivity contribution in [1.82, 2.24) is 4.98 Å². The monoisotopic (exact) mass is 528 g/mol. The predicted octanol–water partition coefficient (Wildman–Crippen LogP) is 5.67. The van der Waals surface area contributed by atoms with E-state index in [4.69, 9.17) is 0 Å². The van der Waals surface area contributed by atoms with Crippen LogP contribution in [-0.2, 0) is 20.6 Å². The molecule has 9 heteroatoms. The average molecular weight is 529 g/mol. The highest BCUT2D eigenvalue weighted by molar-refractivity contribution is 7.70. The number of hydrogen-bond acceptors (Lipinski definition) is 4. The Kier molecular flexibility index (Phi) is 7.43. The van der Waals surface area contributed by atoms with E-state index in [0.717, 1.165) is 5.56 Å². The van der Waals surface area contributed by atoms with Crippen molar-refractivity contribution in [3.8, 4) is 11.1 Å². The Bertz CT molecular complexity index is 1440. The third-order valence-corrected chi connectivity index (χ3v) is 8.01. The van der Waals surface area contributed by atoms with Crippen molar-refractivity contribution < 1.29 is 27.3 Å². The number of rotatable bonds is 7. The summed E-state index contributed by atoms with van der Waals surface area (Å²) in [7, 11) is -2.88. The maximum absolute atomic E-state index is 15.4. The van der Waals surface area contributed by atoms with Crippen LogP contribution in [0.2, 0.25) is 0 Å². The van der Waals surface area contributed by atoms with Gasteiger partial charge in [0.2, 0.25) is 5.91 Å². The minimum absolute atomic E-state index is 0.0978. The maximum atomic E-state index is 15.4. The third kappa shape index (κ3) is 5.40. The summed E-state index contributed by atoms with van der Waals surface area (Å²) in [5.74, 6) is -4.35. The van der Waals surface area contributed by atoms with Gasteiger partial charge in [-0.3, -0.25) is 14.6 Å². The van der Waals surface area contributed by atoms with Gasteiger partial charge >= 0.3 is 0 Å². The topological polar surface area (TPSA) is 67.3 Å². The molecule has 2 aromatic carbocycles. The lowest BCUT2D eigenvalue weighted by molar-refractivity contribution is -0.125. The first-order valence-electron chi connectivity index (χ1n) is 12.0. The number of anilines is 1. The largest absolute Gasteiger partial charge is 0.318 e. The van der Waals surface area contributed by atoms with Gasteiger partial charge < -0.3 is 9.46 Å². The number of aryl methyl sites for hydroxylation is 1. The van der Waals surface area contributed by atoms with Crippen LogP contribution in [0, 0.1) is 30.3 Å². The first kappa shape index (κ1) is 26.8. The number of pyridine rings is 1. The van der Waals surface area contributed by atoms with E-state index in [-0.39, 0.29) is 52.9 Å². The zero-order chi connectivity index (χ0) is 27.1. The van der Waals surface area contributed by atoms with Gasteiger partial charge in [-0.05, 0) is 69.0 Å². The van der Waals surface area contributed by atoms with Crippen LogP contribution in [-0.4, -0.2) is 36.0 Å². The highest BCUT2D eigenvalue weighted by atomic mass is 31.2. The Morgan fingerprint density at radius 3 is 2.49 bits per heavy atom. The van der Waals surface area contributed by atoms with Crippen LogP contribution in [0.15, 0.2) is 48.7 Å². The molecule has 1 aliphatic rings. The number of hydrogen-bond donors (Lipinski definition) is 0. The SMILES string of the molecule is Cc1ccc(CC(=O)C[C@@H]2CC(C)N(c3ccc(-c4cccnc4P(C)(C)=O)c(F)c3F)C2=O)c(F)c1. The Labute approximate surface area is 214 Å². The highest BCUT2D eigenvalue weighted by Crippen LogP contribution is 2.41. The number of carbonyl (C=O) groups excluding carboxylic acids is 2. The summed E-state index contributed by atoms with van der Waals surface area (Å²) < 4.78 is 57.5. The summed E-state index contributed by atoms with van der Waals surface area (Å²) in [6.45, 7) is 6.45. The molecule has 194 valence electrons. The number of ketones is 1. The molecule has 37 heavy (non-hydrogen) atoms. The molecule has 2 heterocycles. The van der Waals surface area contributed by atoms with Gasteiger partial charge in [0.25, 0.3) is 0 Å². The van der Waals surface area contributed by atoms with Crippen LogP contribution in [0.25, 0.3) is 11.1 Å². The number of aromatic nitrogens is 1. The van der Waals surface area contributed by atoms with Crippen LogP contribution < -0.4 is 10.3 Å². The second-order valence-electron chi connectivity index (χ2n) is 9.99. The van der Waals surface area contributed by atoms with Crippen LogP contribution in [0.4, 0.5) is 18.9 Å². The minimum atomic E-state index is -2.88. The van der Waals surface area contributed by atoms with Gasteiger partial charge in [0.05, 0.1) is 5.69 Å². The van der Waals surface area contributed by atoms with Crippen molar-refractivity contribution in [2.24, 2.45) is 5.92 Å². The molecule has 1 unspecified atom stereocenters. The first-order chi connectivity index (χ1) is 17.4. The van der Waals surface area contributed by atoms with Crippen LogP contribution in [0.1, 0.15) is 30.9 Å². The second kappa shape index (κ2) is 10.3. The minimum Gasteiger partial charge on any atom is -0.318 e. The van der Waals surface area contributed by atoms with Gasteiger partial charge in [0.1, 0.15) is 24.2 Å². The number of halogens is 3. The number of carbonyl (C=O) groups is 2. The number of nitrogens with zero attached hydrogens (tertiary/aromatic N) is 2. The number of Topliss-reactive ketones (excluding diaryl/α,β-unsaturated/α-hetero) is 1. The lowest BCUT2D eigenvalue weighted by Crippen LogP contribution is -2.33. The lowest BCUT2D eigenvalue weighted by atomic mass is 9.95. The molecule has 2 atom stereocenters. The van der Waals surface area contributed by atoms with Gasteiger partial charge in [0, 0.05) is 42.1 Å². The Balaban J connectivity index is 1.57. The van der Waals surface area contributed by atoms with Gasteiger partial charge in [0.15, 0.2) is 11.6 Å². The fraction of sp³-hybridized carbons (Fsp3) is 0.321. The van der Waals surface area contributed by atoms with Crippen molar-refractivity contribution in [3.63, 3.8) is 0 Å². The lowest BCUT2D eigenvalue weighted by Gasteiger charge is -2.23. The molecule has 4 rings (SSSR count). The summed E-state index contributed by atoms with van der Waals surface area (Å²) in [6.07, 6.45) is 1.47. The molecular formula is C28H28F3N2O3P. The Morgan fingerprint density at radius 2 is 1.81 bits per heavy atom. The first-order valence-corrected chi connectivity index (χ1v) is 14.6. The van der Waals surface area contributed by atoms with E-state index in [1.54, 1.807) is 32.0 Å². The van der Waals surface area contributed by atoms with Gasteiger partial charge in [-0.1, -0.05) is 18.2 Å². The van der Waals surface area contributed by atoms with E-state index in [1.807, 2.05) is 0 Å². The van der Waals surface area contributed by atoms with Crippen molar-refractivity contribution >= 4 is 30.0 Å². The summed E-state index contributed by atoms with van der Waals surface area (Å²) in [5, 5.41) is 0. The Morgan fingerprint density at radius 1 is 1.08 bits per heavy atom. The van der Waals surface area contributed by atoms with E-state index >= 15 is 8.78 Å². The second-order valence-corrected chi connectivity index (χ2v) is 13.1. The normalized spacial score (nSPS) is 17.9. The summed E-state index contributed by atoms with van der Waals surface area (Å²) in [6, 6.07) is 9.90. The molecule has 0 saturated carbocycles. The molecule has 1 fully saturated rings. The van der Waals surface area contributed by atoms with E-state index in [2.05, 4.69) is 4.98 Å². The van der Waals surface area contributed by atoms with Gasteiger partial charge in [-0.2, -0.15) is 0 Å². The predicted molar refractivity (Wildman–Crippen MR) is 138 cm³/mol. The molecule has 1 aliphatic heterocycles. The zero-order valence-electron chi connectivity index (χ0n) is 21.1. The quantitative estimate of drug-likeness (QED) is 0.371. The molecule has 5 nitrogen and oxygen atoms in total. The van der Waals surface area contributed by atoms with E-state index < -0.39 is 42.5 Å². The van der Waals surface area contributed by atoms with Crippen LogP contribution >= 0.6 is 7.14 Å². The molecule has 1 saturated heterocycles. The van der Waals surface area contributed by atoms with E-state index in [9.17, 15) is 18.5 Å². The van der Waals surface area contributed by atoms with E-state index in [1.165, 1.54) is 48.7 Å². The van der Waals surface area contributed by atoms with Gasteiger partial charge in [-0.15, -0.1) is 0 Å². The fourth-order valence-electron chi connectivity index (χ4n) is 4.88. The summed E-state index contributed by atoms with van der Waals surface area (Å²) in [5.41, 5.74) is 1.09. The van der Waals surface area contributed by atoms with Crippen LogP contribution in [0.5, 0.6) is 0 Å². The maximum Gasteiger partial charge on any atom is 0.230 e. The molecule has 1 amide bonds. The third-order valence-electron chi connectivity index (χ3n) is 6.63.